The summed E-state index contributed by atoms with van der Waals surface area (Å²) in [5.41, 5.74) is 1.74. The molecule has 2 rings (SSSR count). The quantitative estimate of drug-likeness (QED) is 0.864. The summed E-state index contributed by atoms with van der Waals surface area (Å²) in [5, 5.41) is 11.9. The molecule has 0 heterocycles. The van der Waals surface area contributed by atoms with E-state index in [9.17, 15) is 4.79 Å². The first-order chi connectivity index (χ1) is 8.53. The Morgan fingerprint density at radius 2 is 2.06 bits per heavy atom. The van der Waals surface area contributed by atoms with E-state index < -0.39 is 5.41 Å². The van der Waals surface area contributed by atoms with Gasteiger partial charge in [-0.15, -0.1) is 0 Å². The Morgan fingerprint density at radius 3 is 2.72 bits per heavy atom. The van der Waals surface area contributed by atoms with Crippen molar-refractivity contribution in [2.45, 2.75) is 39.2 Å². The SMILES string of the molecule is CC(C)(C#N)C(=O)NC1CCc2ccccc2C1. The van der Waals surface area contributed by atoms with Gasteiger partial charge in [0.2, 0.25) is 5.91 Å². The number of fused-ring (bicyclic) bond motifs is 1. The van der Waals surface area contributed by atoms with Crippen LogP contribution in [0.1, 0.15) is 31.4 Å². The minimum absolute atomic E-state index is 0.153. The minimum atomic E-state index is -0.947. The molecule has 1 N–H and O–H groups in total. The Bertz CT molecular complexity index is 499. The lowest BCUT2D eigenvalue weighted by molar-refractivity contribution is -0.127. The summed E-state index contributed by atoms with van der Waals surface area (Å²) in [6.07, 6.45) is 2.81. The summed E-state index contributed by atoms with van der Waals surface area (Å²) in [4.78, 5) is 11.9. The van der Waals surface area contributed by atoms with Crippen molar-refractivity contribution in [2.75, 3.05) is 0 Å². The second kappa shape index (κ2) is 4.81. The van der Waals surface area contributed by atoms with Gasteiger partial charge in [0.25, 0.3) is 0 Å². The number of carbonyl (C=O) groups is 1. The van der Waals surface area contributed by atoms with E-state index in [4.69, 9.17) is 5.26 Å². The molecule has 0 radical (unpaired) electrons. The molecule has 1 aromatic rings. The molecule has 1 atom stereocenters. The van der Waals surface area contributed by atoms with E-state index >= 15 is 0 Å². The van der Waals surface area contributed by atoms with Crippen molar-refractivity contribution < 1.29 is 4.79 Å². The zero-order chi connectivity index (χ0) is 13.2. The number of hydrogen-bond acceptors (Lipinski definition) is 2. The van der Waals surface area contributed by atoms with Crippen LogP contribution in [-0.2, 0) is 17.6 Å². The smallest absolute Gasteiger partial charge is 0.240 e. The van der Waals surface area contributed by atoms with Crippen LogP contribution in [0.25, 0.3) is 0 Å². The molecule has 0 saturated carbocycles. The molecular weight excluding hydrogens is 224 g/mol. The second-order valence-electron chi connectivity index (χ2n) is 5.42. The molecule has 94 valence electrons. The highest BCUT2D eigenvalue weighted by Crippen LogP contribution is 2.22. The van der Waals surface area contributed by atoms with E-state index in [0.29, 0.717) is 0 Å². The van der Waals surface area contributed by atoms with Crippen LogP contribution in [0.3, 0.4) is 0 Å². The molecule has 3 heteroatoms. The van der Waals surface area contributed by atoms with Crippen LogP contribution in [0.4, 0.5) is 0 Å². The molecular formula is C15H18N2O. The second-order valence-corrected chi connectivity index (χ2v) is 5.42. The lowest BCUT2D eigenvalue weighted by Gasteiger charge is -2.27. The van der Waals surface area contributed by atoms with Gasteiger partial charge in [0.15, 0.2) is 0 Å². The maximum absolute atomic E-state index is 11.9. The third kappa shape index (κ3) is 2.53. The molecule has 18 heavy (non-hydrogen) atoms. The van der Waals surface area contributed by atoms with Gasteiger partial charge in [-0.2, -0.15) is 5.26 Å². The number of amides is 1. The molecule has 1 aliphatic carbocycles. The average molecular weight is 242 g/mol. The van der Waals surface area contributed by atoms with Gasteiger partial charge in [-0.3, -0.25) is 4.79 Å². The first kappa shape index (κ1) is 12.6. The molecule has 1 aromatic carbocycles. The Morgan fingerprint density at radius 1 is 1.39 bits per heavy atom. The molecule has 1 amide bonds. The molecule has 0 fully saturated rings. The van der Waals surface area contributed by atoms with E-state index in [2.05, 4.69) is 23.5 Å². The number of benzene rings is 1. The number of carbonyl (C=O) groups excluding carboxylic acids is 1. The Kier molecular flexibility index (Phi) is 3.38. The zero-order valence-electron chi connectivity index (χ0n) is 10.9. The Labute approximate surface area is 108 Å². The van der Waals surface area contributed by atoms with Gasteiger partial charge < -0.3 is 5.32 Å². The highest BCUT2D eigenvalue weighted by Gasteiger charge is 2.30. The van der Waals surface area contributed by atoms with Gasteiger partial charge in [0.05, 0.1) is 6.07 Å². The molecule has 0 bridgehead atoms. The lowest BCUT2D eigenvalue weighted by Crippen LogP contribution is -2.44. The third-order valence-electron chi connectivity index (χ3n) is 3.53. The number of aryl methyl sites for hydroxylation is 1. The summed E-state index contributed by atoms with van der Waals surface area (Å²) in [7, 11) is 0. The fraction of sp³-hybridized carbons (Fsp3) is 0.467. The standard InChI is InChI=1S/C15H18N2O/c1-15(2,10-16)14(18)17-13-8-7-11-5-3-4-6-12(11)9-13/h3-6,13H,7-9H2,1-2H3,(H,17,18). The van der Waals surface area contributed by atoms with E-state index in [1.807, 2.05) is 12.1 Å². The van der Waals surface area contributed by atoms with Crippen LogP contribution >= 0.6 is 0 Å². The molecule has 0 saturated heterocycles. The van der Waals surface area contributed by atoms with Crippen LogP contribution in [0, 0.1) is 16.7 Å². The van der Waals surface area contributed by atoms with Crippen LogP contribution in [-0.4, -0.2) is 11.9 Å². The van der Waals surface area contributed by atoms with Gasteiger partial charge in [0, 0.05) is 6.04 Å². The molecule has 0 aliphatic heterocycles. The van der Waals surface area contributed by atoms with Crippen molar-refractivity contribution >= 4 is 5.91 Å². The van der Waals surface area contributed by atoms with Crippen LogP contribution in [0.5, 0.6) is 0 Å². The zero-order valence-corrected chi connectivity index (χ0v) is 10.9. The number of hydrogen-bond donors (Lipinski definition) is 1. The van der Waals surface area contributed by atoms with Gasteiger partial charge in [0.1, 0.15) is 5.41 Å². The van der Waals surface area contributed by atoms with Crippen molar-refractivity contribution in [1.82, 2.24) is 5.32 Å². The molecule has 0 spiro atoms. The highest BCUT2D eigenvalue weighted by molar-refractivity contribution is 5.84. The van der Waals surface area contributed by atoms with Gasteiger partial charge in [-0.25, -0.2) is 0 Å². The van der Waals surface area contributed by atoms with Crippen LogP contribution < -0.4 is 5.32 Å². The van der Waals surface area contributed by atoms with Crippen LogP contribution in [0.15, 0.2) is 24.3 Å². The summed E-state index contributed by atoms with van der Waals surface area (Å²) < 4.78 is 0. The van der Waals surface area contributed by atoms with Crippen LogP contribution in [0.2, 0.25) is 0 Å². The van der Waals surface area contributed by atoms with Crippen molar-refractivity contribution in [1.29, 1.82) is 5.26 Å². The number of nitrogens with one attached hydrogen (secondary N) is 1. The lowest BCUT2D eigenvalue weighted by atomic mass is 9.87. The van der Waals surface area contributed by atoms with E-state index in [1.165, 1.54) is 11.1 Å². The maximum atomic E-state index is 11.9. The van der Waals surface area contributed by atoms with E-state index in [-0.39, 0.29) is 11.9 Å². The summed E-state index contributed by atoms with van der Waals surface area (Å²) in [5.74, 6) is -0.172. The van der Waals surface area contributed by atoms with Crippen molar-refractivity contribution in [2.24, 2.45) is 5.41 Å². The number of nitriles is 1. The Hall–Kier alpha value is -1.82. The first-order valence-corrected chi connectivity index (χ1v) is 6.32. The number of rotatable bonds is 2. The molecule has 1 unspecified atom stereocenters. The summed E-state index contributed by atoms with van der Waals surface area (Å²) >= 11 is 0. The minimum Gasteiger partial charge on any atom is -0.352 e. The first-order valence-electron chi connectivity index (χ1n) is 6.32. The fourth-order valence-corrected chi connectivity index (χ4v) is 2.24. The van der Waals surface area contributed by atoms with Gasteiger partial charge in [-0.1, -0.05) is 24.3 Å². The molecule has 1 aliphatic rings. The fourth-order valence-electron chi connectivity index (χ4n) is 2.24. The van der Waals surface area contributed by atoms with Gasteiger partial charge in [-0.05, 0) is 44.2 Å². The maximum Gasteiger partial charge on any atom is 0.240 e. The van der Waals surface area contributed by atoms with Crippen molar-refractivity contribution in [3.8, 4) is 6.07 Å². The largest absolute Gasteiger partial charge is 0.352 e. The topological polar surface area (TPSA) is 52.9 Å². The number of nitrogens with zero attached hydrogens (tertiary/aromatic N) is 1. The van der Waals surface area contributed by atoms with E-state index in [0.717, 1.165) is 19.3 Å². The Balaban J connectivity index is 2.03. The predicted octanol–water partition coefficient (Wildman–Crippen LogP) is 2.21. The average Bonchev–Trinajstić information content (AvgIpc) is 2.38. The molecule has 0 aromatic heterocycles. The summed E-state index contributed by atoms with van der Waals surface area (Å²) in [6, 6.07) is 10.5. The van der Waals surface area contributed by atoms with Crippen molar-refractivity contribution in [3.05, 3.63) is 35.4 Å². The van der Waals surface area contributed by atoms with Crippen molar-refractivity contribution in [3.63, 3.8) is 0 Å². The van der Waals surface area contributed by atoms with Gasteiger partial charge >= 0.3 is 0 Å². The highest BCUT2D eigenvalue weighted by atomic mass is 16.2. The molecule has 3 nitrogen and oxygen atoms in total. The normalized spacial score (nSPS) is 18.6. The monoisotopic (exact) mass is 242 g/mol. The van der Waals surface area contributed by atoms with E-state index in [1.54, 1.807) is 13.8 Å². The predicted molar refractivity (Wildman–Crippen MR) is 69.8 cm³/mol. The summed E-state index contributed by atoms with van der Waals surface area (Å²) in [6.45, 7) is 3.30. The third-order valence-corrected chi connectivity index (χ3v) is 3.53.